The average Bonchev–Trinajstić information content (AvgIpc) is 2.78. The molecule has 0 bridgehead atoms. The van der Waals surface area contributed by atoms with Crippen LogP contribution in [-0.4, -0.2) is 25.9 Å². The highest BCUT2D eigenvalue weighted by atomic mass is 32.2. The van der Waals surface area contributed by atoms with E-state index < -0.39 is 5.41 Å². The average molecular weight is 440 g/mol. The van der Waals surface area contributed by atoms with Gasteiger partial charge in [0.05, 0.1) is 48.3 Å². The van der Waals surface area contributed by atoms with Crippen molar-refractivity contribution in [1.29, 1.82) is 10.5 Å². The lowest BCUT2D eigenvalue weighted by Gasteiger charge is -2.40. The number of thioether (sulfide) groups is 1. The fraction of sp³-hybridized carbons (Fsp3) is 0.409. The summed E-state index contributed by atoms with van der Waals surface area (Å²) >= 11 is 1.21. The Morgan fingerprint density at radius 3 is 2.45 bits per heavy atom. The summed E-state index contributed by atoms with van der Waals surface area (Å²) in [4.78, 5) is 12.5. The zero-order valence-corrected chi connectivity index (χ0v) is 18.4. The van der Waals surface area contributed by atoms with Gasteiger partial charge in [-0.1, -0.05) is 31.0 Å². The van der Waals surface area contributed by atoms with Crippen molar-refractivity contribution >= 4 is 23.4 Å². The number of allylic oxidation sites excluding steroid dienone is 2. The van der Waals surface area contributed by atoms with Crippen LogP contribution in [0, 0.1) is 28.1 Å². The molecule has 1 aliphatic heterocycles. The number of benzene rings is 1. The number of amides is 1. The van der Waals surface area contributed by atoms with Crippen molar-refractivity contribution < 1.29 is 14.3 Å². The number of hydrogen-bond donors (Lipinski definition) is 3. The third-order valence-electron chi connectivity index (χ3n) is 5.65. The van der Waals surface area contributed by atoms with Crippen LogP contribution in [0.2, 0.25) is 0 Å². The van der Waals surface area contributed by atoms with Gasteiger partial charge in [-0.15, -0.1) is 0 Å². The summed E-state index contributed by atoms with van der Waals surface area (Å²) in [5.74, 6) is 1.19. The van der Waals surface area contributed by atoms with Gasteiger partial charge >= 0.3 is 0 Å². The number of carbonyl (C=O) groups excluding carboxylic acids is 1. The van der Waals surface area contributed by atoms with Gasteiger partial charge in [-0.25, -0.2) is 0 Å². The molecular formula is C22H25N5O3S. The molecule has 1 heterocycles. The fourth-order valence-electron chi connectivity index (χ4n) is 4.18. The van der Waals surface area contributed by atoms with Crippen LogP contribution in [0.5, 0.6) is 11.5 Å². The third-order valence-corrected chi connectivity index (χ3v) is 6.65. The molecular weight excluding hydrogens is 414 g/mol. The van der Waals surface area contributed by atoms with Crippen molar-refractivity contribution in [2.75, 3.05) is 25.3 Å². The molecule has 3 rings (SSSR count). The van der Waals surface area contributed by atoms with E-state index in [2.05, 4.69) is 22.8 Å². The fourth-order valence-corrected chi connectivity index (χ4v) is 5.10. The lowest BCUT2D eigenvalue weighted by atomic mass is 9.64. The van der Waals surface area contributed by atoms with Gasteiger partial charge in [0.1, 0.15) is 5.82 Å². The van der Waals surface area contributed by atoms with Crippen LogP contribution in [0.15, 0.2) is 40.2 Å². The summed E-state index contributed by atoms with van der Waals surface area (Å²) in [6.45, 7) is 0. The normalized spacial score (nSPS) is 17.4. The molecule has 8 nitrogen and oxygen atoms in total. The number of rotatable bonds is 6. The first-order chi connectivity index (χ1) is 15.0. The first-order valence-electron chi connectivity index (χ1n) is 9.96. The minimum Gasteiger partial charge on any atom is -0.493 e. The molecule has 4 N–H and O–H groups in total. The predicted molar refractivity (Wildman–Crippen MR) is 119 cm³/mol. The quantitative estimate of drug-likeness (QED) is 0.614. The highest BCUT2D eigenvalue weighted by Crippen LogP contribution is 2.51. The van der Waals surface area contributed by atoms with E-state index in [-0.39, 0.29) is 17.5 Å². The van der Waals surface area contributed by atoms with Crippen molar-refractivity contribution in [3.63, 3.8) is 0 Å². The van der Waals surface area contributed by atoms with Crippen LogP contribution < -0.4 is 25.8 Å². The number of nitriles is 2. The minimum atomic E-state index is -0.654. The van der Waals surface area contributed by atoms with Crippen molar-refractivity contribution in [1.82, 2.24) is 5.32 Å². The number of nitrogens with two attached hydrogens (primary N) is 1. The Kier molecular flexibility index (Phi) is 6.98. The van der Waals surface area contributed by atoms with E-state index in [1.54, 1.807) is 25.3 Å². The van der Waals surface area contributed by atoms with Gasteiger partial charge < -0.3 is 25.8 Å². The SMILES string of the molecule is COc1ccc(NC(=O)CSC2=C(C#N)C3(CCCCC3)C(C#N)=C(N)N2)cc1OC. The molecule has 1 aromatic carbocycles. The van der Waals surface area contributed by atoms with Crippen LogP contribution in [0.25, 0.3) is 0 Å². The topological polar surface area (TPSA) is 133 Å². The molecule has 1 fully saturated rings. The molecule has 31 heavy (non-hydrogen) atoms. The summed E-state index contributed by atoms with van der Waals surface area (Å²) in [5.41, 5.74) is 7.01. The maximum Gasteiger partial charge on any atom is 0.234 e. The molecule has 9 heteroatoms. The number of nitrogens with one attached hydrogen (secondary N) is 2. The Morgan fingerprint density at radius 1 is 1.16 bits per heavy atom. The van der Waals surface area contributed by atoms with E-state index in [9.17, 15) is 15.3 Å². The molecule has 1 saturated carbocycles. The van der Waals surface area contributed by atoms with Gasteiger partial charge in [0.25, 0.3) is 0 Å². The summed E-state index contributed by atoms with van der Waals surface area (Å²) in [6, 6.07) is 9.62. The number of hydrogen-bond acceptors (Lipinski definition) is 8. The molecule has 0 radical (unpaired) electrons. The molecule has 1 spiro atoms. The number of methoxy groups -OCH3 is 2. The number of dihydropyridines is 1. The van der Waals surface area contributed by atoms with Gasteiger partial charge in [-0.2, -0.15) is 10.5 Å². The summed E-state index contributed by atoms with van der Waals surface area (Å²) in [6.07, 6.45) is 4.36. The molecule has 1 aromatic rings. The van der Waals surface area contributed by atoms with E-state index in [0.29, 0.717) is 46.2 Å². The van der Waals surface area contributed by atoms with Gasteiger partial charge in [0.15, 0.2) is 11.5 Å². The number of ether oxygens (including phenoxy) is 2. The first kappa shape index (κ1) is 22.4. The number of carbonyl (C=O) groups is 1. The Labute approximate surface area is 186 Å². The Bertz CT molecular complexity index is 1010. The molecule has 0 saturated heterocycles. The lowest BCUT2D eigenvalue weighted by Crippen LogP contribution is -2.39. The molecule has 1 amide bonds. The Hall–Kier alpha value is -3.30. The molecule has 1 aliphatic carbocycles. The number of anilines is 1. The summed E-state index contributed by atoms with van der Waals surface area (Å²) < 4.78 is 10.5. The second-order valence-corrected chi connectivity index (χ2v) is 8.38. The zero-order chi connectivity index (χ0) is 22.4. The van der Waals surface area contributed by atoms with E-state index in [4.69, 9.17) is 15.2 Å². The summed E-state index contributed by atoms with van der Waals surface area (Å²) in [5, 5.41) is 26.0. The third kappa shape index (κ3) is 4.42. The highest BCUT2D eigenvalue weighted by molar-refractivity contribution is 8.03. The molecule has 0 aromatic heterocycles. The number of nitrogens with zero attached hydrogens (tertiary/aromatic N) is 2. The predicted octanol–water partition coefficient (Wildman–Crippen LogP) is 3.36. The van der Waals surface area contributed by atoms with E-state index in [0.717, 1.165) is 19.3 Å². The maximum absolute atomic E-state index is 12.5. The molecule has 162 valence electrons. The van der Waals surface area contributed by atoms with Gasteiger partial charge in [0, 0.05) is 17.2 Å². The lowest BCUT2D eigenvalue weighted by molar-refractivity contribution is -0.113. The largest absolute Gasteiger partial charge is 0.493 e. The smallest absolute Gasteiger partial charge is 0.234 e. The maximum atomic E-state index is 12.5. The van der Waals surface area contributed by atoms with Crippen LogP contribution in [0.4, 0.5) is 5.69 Å². The second-order valence-electron chi connectivity index (χ2n) is 7.39. The molecule has 0 unspecified atom stereocenters. The molecule has 0 atom stereocenters. The summed E-state index contributed by atoms with van der Waals surface area (Å²) in [7, 11) is 3.07. The van der Waals surface area contributed by atoms with Crippen molar-refractivity contribution in [3.05, 3.63) is 40.2 Å². The van der Waals surface area contributed by atoms with E-state index >= 15 is 0 Å². The van der Waals surface area contributed by atoms with E-state index in [1.165, 1.54) is 18.9 Å². The van der Waals surface area contributed by atoms with Crippen LogP contribution >= 0.6 is 11.8 Å². The van der Waals surface area contributed by atoms with Gasteiger partial charge in [-0.3, -0.25) is 4.79 Å². The second kappa shape index (κ2) is 9.67. The molecule has 2 aliphatic rings. The first-order valence-corrected chi connectivity index (χ1v) is 10.9. The standard InChI is InChI=1S/C22H25N5O3S/c1-29-17-7-6-14(10-18(17)30-2)26-19(28)13-31-21-16(12-24)22(8-4-3-5-9-22)15(11-23)20(25)27-21/h6-7,10,27H,3-5,8-9,13,25H2,1-2H3,(H,26,28). The van der Waals surface area contributed by atoms with Crippen LogP contribution in [0.3, 0.4) is 0 Å². The van der Waals surface area contributed by atoms with Crippen molar-refractivity contribution in [2.45, 2.75) is 32.1 Å². The van der Waals surface area contributed by atoms with Gasteiger partial charge in [0.2, 0.25) is 5.91 Å². The van der Waals surface area contributed by atoms with Crippen molar-refractivity contribution in [3.8, 4) is 23.6 Å². The Balaban J connectivity index is 1.76. The van der Waals surface area contributed by atoms with Crippen molar-refractivity contribution in [2.24, 2.45) is 11.1 Å². The van der Waals surface area contributed by atoms with E-state index in [1.807, 2.05) is 0 Å². The Morgan fingerprint density at radius 2 is 1.84 bits per heavy atom. The monoisotopic (exact) mass is 439 g/mol. The van der Waals surface area contributed by atoms with Crippen LogP contribution in [-0.2, 0) is 4.79 Å². The highest BCUT2D eigenvalue weighted by Gasteiger charge is 2.45. The van der Waals surface area contributed by atoms with Crippen LogP contribution in [0.1, 0.15) is 32.1 Å². The zero-order valence-electron chi connectivity index (χ0n) is 17.6. The minimum absolute atomic E-state index is 0.0765. The van der Waals surface area contributed by atoms with Gasteiger partial charge in [-0.05, 0) is 25.0 Å².